The van der Waals surface area contributed by atoms with E-state index in [9.17, 15) is 17.2 Å². The number of rotatable bonds is 4. The van der Waals surface area contributed by atoms with Crippen molar-refractivity contribution in [2.75, 3.05) is 6.61 Å². The molecule has 124 valence electrons. The number of aromatic amines is 1. The molecule has 0 saturated carbocycles. The van der Waals surface area contributed by atoms with E-state index in [0.717, 1.165) is 18.2 Å². The third kappa shape index (κ3) is 3.09. The lowest BCUT2D eigenvalue weighted by molar-refractivity contribution is 0.0957. The highest BCUT2D eigenvalue weighted by Gasteiger charge is 2.36. The Morgan fingerprint density at radius 1 is 1.39 bits per heavy atom. The molecule has 2 atom stereocenters. The Morgan fingerprint density at radius 2 is 2.17 bits per heavy atom. The van der Waals surface area contributed by atoms with Crippen molar-refractivity contribution in [3.8, 4) is 0 Å². The summed E-state index contributed by atoms with van der Waals surface area (Å²) in [5.74, 6) is -1.76. The summed E-state index contributed by atoms with van der Waals surface area (Å²) >= 11 is 0. The summed E-state index contributed by atoms with van der Waals surface area (Å²) in [7, 11) is -4.24. The monoisotopic (exact) mass is 344 g/mol. The SMILES string of the molecule is Cc1nc([C@@H]2OCC[C@@H]2NS(=O)(=O)c2cccc(F)c2F)n[nH]1. The van der Waals surface area contributed by atoms with Gasteiger partial charge in [0, 0.05) is 6.61 Å². The van der Waals surface area contributed by atoms with Gasteiger partial charge < -0.3 is 4.74 Å². The quantitative estimate of drug-likeness (QED) is 0.869. The van der Waals surface area contributed by atoms with E-state index in [1.54, 1.807) is 6.92 Å². The lowest BCUT2D eigenvalue weighted by atomic mass is 10.1. The van der Waals surface area contributed by atoms with Crippen molar-refractivity contribution >= 4 is 10.0 Å². The molecular weight excluding hydrogens is 330 g/mol. The molecule has 1 fully saturated rings. The van der Waals surface area contributed by atoms with Crippen LogP contribution < -0.4 is 4.72 Å². The first-order valence-corrected chi connectivity index (χ1v) is 8.33. The molecule has 0 aliphatic carbocycles. The van der Waals surface area contributed by atoms with Crippen LogP contribution in [0.1, 0.15) is 24.2 Å². The maximum Gasteiger partial charge on any atom is 0.243 e. The Kier molecular flexibility index (Phi) is 4.13. The van der Waals surface area contributed by atoms with Gasteiger partial charge in [-0.05, 0) is 25.5 Å². The fourth-order valence-corrected chi connectivity index (χ4v) is 3.76. The number of aromatic nitrogens is 3. The standard InChI is InChI=1S/C13H14F2N4O3S/c1-7-16-13(18-17-7)12-9(5-6-22-12)19-23(20,21)10-4-2-3-8(14)11(10)15/h2-4,9,12,19H,5-6H2,1H3,(H,16,17,18)/t9-,12+/m0/s1. The van der Waals surface area contributed by atoms with Gasteiger partial charge in [0.05, 0.1) is 6.04 Å². The Balaban J connectivity index is 1.86. The molecule has 1 aliphatic heterocycles. The van der Waals surface area contributed by atoms with Crippen LogP contribution in [0.2, 0.25) is 0 Å². The summed E-state index contributed by atoms with van der Waals surface area (Å²) in [6, 6.07) is 2.32. The summed E-state index contributed by atoms with van der Waals surface area (Å²) in [6.07, 6.45) is -0.319. The fraction of sp³-hybridized carbons (Fsp3) is 0.385. The molecule has 0 unspecified atom stereocenters. The van der Waals surface area contributed by atoms with Gasteiger partial charge in [-0.1, -0.05) is 6.07 Å². The second-order valence-electron chi connectivity index (χ2n) is 5.14. The first-order valence-electron chi connectivity index (χ1n) is 6.85. The van der Waals surface area contributed by atoms with Crippen molar-refractivity contribution in [2.45, 2.75) is 30.4 Å². The molecule has 0 radical (unpaired) electrons. The van der Waals surface area contributed by atoms with E-state index in [1.165, 1.54) is 0 Å². The number of aryl methyl sites for hydroxylation is 1. The molecule has 0 amide bonds. The number of hydrogen-bond donors (Lipinski definition) is 2. The van der Waals surface area contributed by atoms with E-state index >= 15 is 0 Å². The van der Waals surface area contributed by atoms with E-state index in [-0.39, 0.29) is 0 Å². The molecule has 1 aromatic heterocycles. The van der Waals surface area contributed by atoms with Crippen molar-refractivity contribution in [2.24, 2.45) is 0 Å². The lowest BCUT2D eigenvalue weighted by Crippen LogP contribution is -2.37. The van der Waals surface area contributed by atoms with Gasteiger partial charge >= 0.3 is 0 Å². The minimum Gasteiger partial charge on any atom is -0.368 e. The number of nitrogens with one attached hydrogen (secondary N) is 2. The molecule has 7 nitrogen and oxygen atoms in total. The molecule has 3 rings (SSSR count). The third-order valence-corrected chi connectivity index (χ3v) is 4.98. The van der Waals surface area contributed by atoms with Gasteiger partial charge in [0.15, 0.2) is 17.5 Å². The molecule has 2 aromatic rings. The molecule has 1 saturated heterocycles. The largest absolute Gasteiger partial charge is 0.368 e. The summed E-state index contributed by atoms with van der Waals surface area (Å²) < 4.78 is 59.4. The molecule has 2 N–H and O–H groups in total. The maximum absolute atomic E-state index is 13.7. The van der Waals surface area contributed by atoms with Crippen LogP contribution in [0.4, 0.5) is 8.78 Å². The first kappa shape index (κ1) is 16.0. The van der Waals surface area contributed by atoms with Crippen LogP contribution in [0.25, 0.3) is 0 Å². The van der Waals surface area contributed by atoms with Crippen LogP contribution >= 0.6 is 0 Å². The molecule has 0 spiro atoms. The summed E-state index contributed by atoms with van der Waals surface area (Å²) in [5, 5.41) is 6.60. The van der Waals surface area contributed by atoms with Gasteiger partial charge in [0.2, 0.25) is 10.0 Å². The van der Waals surface area contributed by atoms with E-state index in [4.69, 9.17) is 4.74 Å². The van der Waals surface area contributed by atoms with Gasteiger partial charge in [-0.3, -0.25) is 5.10 Å². The van der Waals surface area contributed by atoms with Crippen molar-refractivity contribution in [3.05, 3.63) is 41.5 Å². The normalized spacial score (nSPS) is 21.7. The second-order valence-corrected chi connectivity index (χ2v) is 6.82. The predicted molar refractivity (Wildman–Crippen MR) is 74.9 cm³/mol. The Morgan fingerprint density at radius 3 is 2.87 bits per heavy atom. The summed E-state index contributed by atoms with van der Waals surface area (Å²) in [6.45, 7) is 2.00. The third-order valence-electron chi connectivity index (χ3n) is 3.47. The average Bonchev–Trinajstić information content (AvgIpc) is 3.10. The highest BCUT2D eigenvalue weighted by molar-refractivity contribution is 7.89. The zero-order chi connectivity index (χ0) is 16.6. The van der Waals surface area contributed by atoms with E-state index < -0.39 is 38.7 Å². The van der Waals surface area contributed by atoms with Crippen LogP contribution in [0.3, 0.4) is 0 Å². The number of sulfonamides is 1. The highest BCUT2D eigenvalue weighted by Crippen LogP contribution is 2.28. The number of benzene rings is 1. The predicted octanol–water partition coefficient (Wildman–Crippen LogP) is 1.20. The number of H-pyrrole nitrogens is 1. The van der Waals surface area contributed by atoms with Crippen molar-refractivity contribution in [1.29, 1.82) is 0 Å². The van der Waals surface area contributed by atoms with Crippen LogP contribution in [-0.4, -0.2) is 36.2 Å². The van der Waals surface area contributed by atoms with Gasteiger partial charge in [-0.15, -0.1) is 0 Å². The minimum atomic E-state index is -4.24. The van der Waals surface area contributed by atoms with Crippen LogP contribution in [-0.2, 0) is 14.8 Å². The fourth-order valence-electron chi connectivity index (χ4n) is 2.41. The molecule has 10 heteroatoms. The van der Waals surface area contributed by atoms with Gasteiger partial charge in [0.1, 0.15) is 16.8 Å². The smallest absolute Gasteiger partial charge is 0.243 e. The average molecular weight is 344 g/mol. The molecule has 23 heavy (non-hydrogen) atoms. The number of ether oxygens (including phenoxy) is 1. The van der Waals surface area contributed by atoms with Crippen LogP contribution in [0.5, 0.6) is 0 Å². The highest BCUT2D eigenvalue weighted by atomic mass is 32.2. The van der Waals surface area contributed by atoms with E-state index in [1.807, 2.05) is 0 Å². The Labute approximate surface area is 131 Å². The van der Waals surface area contributed by atoms with Gasteiger partial charge in [-0.25, -0.2) is 26.9 Å². The van der Waals surface area contributed by atoms with Crippen LogP contribution in [0.15, 0.2) is 23.1 Å². The Bertz CT molecular complexity index is 824. The Hall–Kier alpha value is -1.91. The molecule has 1 aliphatic rings. The van der Waals surface area contributed by atoms with Gasteiger partial charge in [0.25, 0.3) is 0 Å². The summed E-state index contributed by atoms with van der Waals surface area (Å²) in [5.41, 5.74) is 0. The zero-order valence-corrected chi connectivity index (χ0v) is 12.9. The molecule has 0 bridgehead atoms. The lowest BCUT2D eigenvalue weighted by Gasteiger charge is -2.17. The number of halogens is 2. The van der Waals surface area contributed by atoms with Gasteiger partial charge in [-0.2, -0.15) is 5.10 Å². The number of hydrogen-bond acceptors (Lipinski definition) is 5. The van der Waals surface area contributed by atoms with E-state index in [0.29, 0.717) is 24.7 Å². The topological polar surface area (TPSA) is 97.0 Å². The first-order chi connectivity index (χ1) is 10.9. The van der Waals surface area contributed by atoms with Crippen molar-refractivity contribution < 1.29 is 21.9 Å². The van der Waals surface area contributed by atoms with Crippen LogP contribution in [0, 0.1) is 18.6 Å². The summed E-state index contributed by atoms with van der Waals surface area (Å²) in [4.78, 5) is 3.38. The van der Waals surface area contributed by atoms with Crippen molar-refractivity contribution in [1.82, 2.24) is 19.9 Å². The molecular formula is C13H14F2N4O3S. The minimum absolute atomic E-state index is 0.303. The molecule has 2 heterocycles. The molecule has 1 aromatic carbocycles. The zero-order valence-electron chi connectivity index (χ0n) is 12.1. The van der Waals surface area contributed by atoms with Crippen molar-refractivity contribution in [3.63, 3.8) is 0 Å². The number of nitrogens with zero attached hydrogens (tertiary/aromatic N) is 2. The van der Waals surface area contributed by atoms with E-state index in [2.05, 4.69) is 19.9 Å². The maximum atomic E-state index is 13.7. The second kappa shape index (κ2) is 5.95.